The highest BCUT2D eigenvalue weighted by molar-refractivity contribution is 14.2. The van der Waals surface area contributed by atoms with Crippen molar-refractivity contribution >= 4 is 64.2 Å². The van der Waals surface area contributed by atoms with Crippen molar-refractivity contribution in [3.05, 3.63) is 11.3 Å². The molecule has 0 fully saturated rings. The Balaban J connectivity index is 3.01. The van der Waals surface area contributed by atoms with Crippen LogP contribution in [-0.4, -0.2) is 20.6 Å². The molecule has 0 aliphatic rings. The molecule has 0 amide bonds. The molecule has 102 valence electrons. The Morgan fingerprint density at radius 2 is 1.47 bits per heavy atom. The molecule has 0 bridgehead atoms. The summed E-state index contributed by atoms with van der Waals surface area (Å²) < 4.78 is 0.977. The number of unbranched alkanes of at least 4 members (excludes halogenated alkanes) is 5. The molecule has 0 nitrogen and oxygen atoms in total. The van der Waals surface area contributed by atoms with Gasteiger partial charge in [-0.25, -0.2) is 0 Å². The Morgan fingerprint density at radius 1 is 0.941 bits per heavy atom. The van der Waals surface area contributed by atoms with E-state index in [4.69, 9.17) is 0 Å². The Bertz CT molecular complexity index is 190. The second kappa shape index (κ2) is 14.1. The number of hydrogen-bond acceptors (Lipinski definition) is 0. The van der Waals surface area contributed by atoms with E-state index in [-0.39, 0.29) is 19.0 Å². The van der Waals surface area contributed by atoms with Gasteiger partial charge in [-0.2, -0.15) is 0 Å². The Labute approximate surface area is 140 Å². The summed E-state index contributed by atoms with van der Waals surface area (Å²) in [6.07, 6.45) is 8.98. The average Bonchev–Trinajstić information content (AvgIpc) is 2.25. The standard InChI is InChI=1S/C13H28I2Si2/c1-12(2)11-16-9-7-5-3-4-6-8-10-17-13(14)15/h11,13H,3-10,16-17H2,1-2H3. The zero-order valence-corrected chi connectivity index (χ0v) is 18.6. The van der Waals surface area contributed by atoms with E-state index in [9.17, 15) is 0 Å². The molecule has 0 aliphatic heterocycles. The fourth-order valence-corrected chi connectivity index (χ4v) is 6.91. The molecule has 0 unspecified atom stereocenters. The Hall–Kier alpha value is 1.63. The summed E-state index contributed by atoms with van der Waals surface area (Å²) in [5.41, 5.74) is 4.04. The number of rotatable bonds is 11. The van der Waals surface area contributed by atoms with Crippen LogP contribution in [0.25, 0.3) is 0 Å². The van der Waals surface area contributed by atoms with Crippen molar-refractivity contribution in [2.75, 3.05) is 0 Å². The minimum Gasteiger partial charge on any atom is -0.103 e. The molecular formula is C13H28I2Si2. The van der Waals surface area contributed by atoms with Crippen LogP contribution in [0.4, 0.5) is 0 Å². The smallest absolute Gasteiger partial charge is 0.0484 e. The molecule has 0 aromatic carbocycles. The summed E-state index contributed by atoms with van der Waals surface area (Å²) in [6.45, 7) is 4.46. The van der Waals surface area contributed by atoms with Crippen LogP contribution in [0.1, 0.15) is 52.4 Å². The largest absolute Gasteiger partial charge is 0.103 e. The molecule has 0 heterocycles. The summed E-state index contributed by atoms with van der Waals surface area (Å²) in [5.74, 6) is 0. The van der Waals surface area contributed by atoms with Gasteiger partial charge >= 0.3 is 0 Å². The first kappa shape index (κ1) is 18.6. The molecule has 0 spiro atoms. The molecule has 0 saturated carbocycles. The summed E-state index contributed by atoms with van der Waals surface area (Å²) in [7, 11) is 0.409. The predicted octanol–water partition coefficient (Wildman–Crippen LogP) is 4.58. The molecular weight excluding hydrogens is 466 g/mol. The van der Waals surface area contributed by atoms with Crippen molar-refractivity contribution < 1.29 is 0 Å². The van der Waals surface area contributed by atoms with Crippen LogP contribution in [-0.2, 0) is 0 Å². The summed E-state index contributed by atoms with van der Waals surface area (Å²) in [4.78, 5) is 0. The van der Waals surface area contributed by atoms with Crippen LogP contribution in [0.5, 0.6) is 0 Å². The van der Waals surface area contributed by atoms with Gasteiger partial charge in [-0.3, -0.25) is 0 Å². The summed E-state index contributed by atoms with van der Waals surface area (Å²) in [6, 6.07) is 3.10. The third-order valence-corrected chi connectivity index (χ3v) is 10.0. The second-order valence-corrected chi connectivity index (χ2v) is 17.6. The SMILES string of the molecule is CC(C)=C[SiH2]CCCCCCCC[SiH2]C(I)I. The third kappa shape index (κ3) is 17.6. The van der Waals surface area contributed by atoms with Gasteiger partial charge in [0.1, 0.15) is 0 Å². The molecule has 0 aromatic heterocycles. The number of halogens is 2. The van der Waals surface area contributed by atoms with Crippen LogP contribution in [0.2, 0.25) is 12.1 Å². The zero-order valence-electron chi connectivity index (χ0n) is 11.5. The minimum absolute atomic E-state index is 0.149. The van der Waals surface area contributed by atoms with E-state index < -0.39 is 0 Å². The fourth-order valence-electron chi connectivity index (χ4n) is 1.89. The highest BCUT2D eigenvalue weighted by Crippen LogP contribution is 2.13. The molecule has 0 radical (unpaired) electrons. The normalized spacial score (nSPS) is 12.3. The van der Waals surface area contributed by atoms with Gasteiger partial charge in [0.15, 0.2) is 0 Å². The Morgan fingerprint density at radius 3 is 2.00 bits per heavy atom. The lowest BCUT2D eigenvalue weighted by molar-refractivity contribution is 0.623. The minimum atomic E-state index is 0.149. The van der Waals surface area contributed by atoms with Crippen LogP contribution >= 0.6 is 45.2 Å². The molecule has 0 saturated heterocycles. The van der Waals surface area contributed by atoms with E-state index in [0.717, 1.165) is 1.55 Å². The van der Waals surface area contributed by atoms with Crippen molar-refractivity contribution in [3.63, 3.8) is 0 Å². The van der Waals surface area contributed by atoms with Gasteiger partial charge in [0, 0.05) is 20.6 Å². The fraction of sp³-hybridized carbons (Fsp3) is 0.846. The van der Waals surface area contributed by atoms with E-state index in [1.165, 1.54) is 50.1 Å². The molecule has 0 aromatic rings. The third-order valence-electron chi connectivity index (χ3n) is 2.93. The maximum absolute atomic E-state index is 2.58. The maximum atomic E-state index is 2.58. The molecule has 0 rings (SSSR count). The average molecular weight is 494 g/mol. The van der Waals surface area contributed by atoms with Gasteiger partial charge in [0.2, 0.25) is 0 Å². The van der Waals surface area contributed by atoms with Crippen molar-refractivity contribution in [1.82, 2.24) is 0 Å². The molecule has 4 heteroatoms. The first-order chi connectivity index (χ1) is 8.13. The van der Waals surface area contributed by atoms with Crippen molar-refractivity contribution in [2.45, 2.75) is 66.0 Å². The monoisotopic (exact) mass is 494 g/mol. The maximum Gasteiger partial charge on any atom is 0.0484 e. The lowest BCUT2D eigenvalue weighted by atomic mass is 10.1. The molecule has 0 atom stereocenters. The van der Waals surface area contributed by atoms with E-state index in [1.54, 1.807) is 6.04 Å². The molecule has 17 heavy (non-hydrogen) atoms. The van der Waals surface area contributed by atoms with Crippen LogP contribution in [0.15, 0.2) is 11.3 Å². The number of alkyl halides is 2. The number of allylic oxidation sites excluding steroid dienone is 1. The number of hydrogen-bond donors (Lipinski definition) is 0. The molecule has 0 aliphatic carbocycles. The van der Waals surface area contributed by atoms with Crippen molar-refractivity contribution in [3.8, 4) is 0 Å². The van der Waals surface area contributed by atoms with Gasteiger partial charge in [-0.1, -0.05) is 101 Å². The molecule has 0 N–H and O–H groups in total. The summed E-state index contributed by atoms with van der Waals surface area (Å²) in [5, 5.41) is 0. The van der Waals surface area contributed by atoms with Gasteiger partial charge in [0.25, 0.3) is 0 Å². The first-order valence-corrected chi connectivity index (χ1v) is 13.2. The van der Waals surface area contributed by atoms with Crippen molar-refractivity contribution in [2.24, 2.45) is 0 Å². The van der Waals surface area contributed by atoms with Gasteiger partial charge in [0.05, 0.1) is 0 Å². The lowest BCUT2D eigenvalue weighted by Crippen LogP contribution is -1.98. The lowest BCUT2D eigenvalue weighted by Gasteiger charge is -2.02. The topological polar surface area (TPSA) is 0 Å². The van der Waals surface area contributed by atoms with Crippen LogP contribution in [0.3, 0.4) is 0 Å². The van der Waals surface area contributed by atoms with E-state index in [1.807, 2.05) is 0 Å². The highest BCUT2D eigenvalue weighted by Gasteiger charge is 1.98. The Kier molecular flexibility index (Phi) is 15.4. The predicted molar refractivity (Wildman–Crippen MR) is 106 cm³/mol. The highest BCUT2D eigenvalue weighted by atomic mass is 127. The van der Waals surface area contributed by atoms with Crippen LogP contribution < -0.4 is 0 Å². The van der Waals surface area contributed by atoms with Gasteiger partial charge < -0.3 is 0 Å². The van der Waals surface area contributed by atoms with Crippen LogP contribution in [0, 0.1) is 0 Å². The zero-order chi connectivity index (χ0) is 12.9. The quantitative estimate of drug-likeness (QED) is 0.171. The summed E-state index contributed by atoms with van der Waals surface area (Å²) >= 11 is 5.16. The first-order valence-electron chi connectivity index (χ1n) is 7.04. The second-order valence-electron chi connectivity index (χ2n) is 5.08. The van der Waals surface area contributed by atoms with Gasteiger partial charge in [-0.05, 0) is 13.8 Å². The van der Waals surface area contributed by atoms with E-state index in [2.05, 4.69) is 64.7 Å². The van der Waals surface area contributed by atoms with Gasteiger partial charge in [-0.15, -0.1) is 5.70 Å². The van der Waals surface area contributed by atoms with Crippen molar-refractivity contribution in [1.29, 1.82) is 0 Å². The van der Waals surface area contributed by atoms with E-state index in [0.29, 0.717) is 0 Å². The van der Waals surface area contributed by atoms with E-state index >= 15 is 0 Å².